The molecule has 0 saturated heterocycles. The summed E-state index contributed by atoms with van der Waals surface area (Å²) < 4.78 is 6.04. The molecule has 1 saturated carbocycles. The molecule has 1 aliphatic rings. The van der Waals surface area contributed by atoms with Gasteiger partial charge in [-0.2, -0.15) is 0 Å². The molecule has 0 spiro atoms. The summed E-state index contributed by atoms with van der Waals surface area (Å²) in [5.74, 6) is 1.48. The molecule has 1 aliphatic carbocycles. The number of nitrogens with one attached hydrogen (secondary N) is 1. The summed E-state index contributed by atoms with van der Waals surface area (Å²) in [6.07, 6.45) is 6.99. The van der Waals surface area contributed by atoms with Crippen LogP contribution in [0.3, 0.4) is 0 Å². The number of hydrogen-bond acceptors (Lipinski definition) is 2. The van der Waals surface area contributed by atoms with Gasteiger partial charge >= 0.3 is 0 Å². The minimum absolute atomic E-state index is 0.290. The molecule has 1 fully saturated rings. The maximum Gasteiger partial charge on any atom is 0.0656 e. The number of hydrogen-bond donors (Lipinski definition) is 1. The van der Waals surface area contributed by atoms with Crippen molar-refractivity contribution in [2.45, 2.75) is 85.8 Å². The fraction of sp³-hybridized carbons (Fsp3) is 1.00. The first-order chi connectivity index (χ1) is 9.41. The van der Waals surface area contributed by atoms with Crippen molar-refractivity contribution < 1.29 is 4.74 Å². The van der Waals surface area contributed by atoms with Gasteiger partial charge in [0.15, 0.2) is 0 Å². The van der Waals surface area contributed by atoms with Gasteiger partial charge in [-0.15, -0.1) is 0 Å². The summed E-state index contributed by atoms with van der Waals surface area (Å²) in [6.45, 7) is 15.8. The Hall–Kier alpha value is -0.0800. The molecule has 2 heteroatoms. The van der Waals surface area contributed by atoms with Gasteiger partial charge in [0.2, 0.25) is 0 Å². The fourth-order valence-electron chi connectivity index (χ4n) is 3.08. The Morgan fingerprint density at radius 3 is 2.45 bits per heavy atom. The van der Waals surface area contributed by atoms with Crippen molar-refractivity contribution in [2.24, 2.45) is 17.3 Å². The van der Waals surface area contributed by atoms with E-state index in [4.69, 9.17) is 4.74 Å². The van der Waals surface area contributed by atoms with Crippen LogP contribution in [0.15, 0.2) is 0 Å². The van der Waals surface area contributed by atoms with Crippen LogP contribution in [0.25, 0.3) is 0 Å². The molecule has 0 heterocycles. The van der Waals surface area contributed by atoms with Crippen molar-refractivity contribution in [3.8, 4) is 0 Å². The highest BCUT2D eigenvalue weighted by molar-refractivity contribution is 5.02. The Labute approximate surface area is 127 Å². The van der Waals surface area contributed by atoms with Gasteiger partial charge < -0.3 is 10.1 Å². The second-order valence-corrected chi connectivity index (χ2v) is 7.65. The summed E-state index contributed by atoms with van der Waals surface area (Å²) in [5.41, 5.74) is 0.290. The molecule has 3 atom stereocenters. The predicted molar refractivity (Wildman–Crippen MR) is 88.1 cm³/mol. The maximum atomic E-state index is 6.04. The third-order valence-electron chi connectivity index (χ3n) is 5.00. The molecule has 0 aliphatic heterocycles. The Kier molecular flexibility index (Phi) is 7.53. The average Bonchev–Trinajstić information content (AvgIpc) is 2.39. The van der Waals surface area contributed by atoms with Crippen LogP contribution in [0.1, 0.15) is 73.6 Å². The van der Waals surface area contributed by atoms with Crippen LogP contribution in [0.5, 0.6) is 0 Å². The minimum Gasteiger partial charge on any atom is -0.377 e. The van der Waals surface area contributed by atoms with Crippen LogP contribution >= 0.6 is 0 Å². The third kappa shape index (κ3) is 5.04. The van der Waals surface area contributed by atoms with Gasteiger partial charge in [0.1, 0.15) is 0 Å². The zero-order valence-corrected chi connectivity index (χ0v) is 14.7. The largest absolute Gasteiger partial charge is 0.377 e. The van der Waals surface area contributed by atoms with Crippen molar-refractivity contribution in [3.05, 3.63) is 0 Å². The molecule has 0 aromatic rings. The smallest absolute Gasteiger partial charge is 0.0656 e. The molecule has 0 amide bonds. The lowest BCUT2D eigenvalue weighted by Crippen LogP contribution is -2.61. The topological polar surface area (TPSA) is 21.3 Å². The van der Waals surface area contributed by atoms with Crippen LogP contribution in [-0.4, -0.2) is 25.3 Å². The highest BCUT2D eigenvalue weighted by atomic mass is 16.5. The first-order valence-electron chi connectivity index (χ1n) is 8.76. The lowest BCUT2D eigenvalue weighted by molar-refractivity contribution is -0.124. The van der Waals surface area contributed by atoms with Gasteiger partial charge in [-0.25, -0.2) is 0 Å². The molecule has 1 N–H and O–H groups in total. The minimum atomic E-state index is 0.290. The van der Waals surface area contributed by atoms with Crippen LogP contribution in [-0.2, 0) is 4.74 Å². The van der Waals surface area contributed by atoms with Crippen molar-refractivity contribution in [3.63, 3.8) is 0 Å². The van der Waals surface area contributed by atoms with Gasteiger partial charge in [-0.3, -0.25) is 0 Å². The van der Waals surface area contributed by atoms with E-state index in [1.165, 1.54) is 38.6 Å². The lowest BCUT2D eigenvalue weighted by Gasteiger charge is -2.52. The van der Waals surface area contributed by atoms with Crippen molar-refractivity contribution in [1.82, 2.24) is 5.32 Å². The van der Waals surface area contributed by atoms with E-state index in [0.29, 0.717) is 18.1 Å². The highest BCUT2D eigenvalue weighted by Crippen LogP contribution is 2.43. The van der Waals surface area contributed by atoms with Crippen LogP contribution in [0, 0.1) is 17.3 Å². The number of unbranched alkanes of at least 4 members (excludes halogenated alkanes) is 1. The summed E-state index contributed by atoms with van der Waals surface area (Å²) in [7, 11) is 0. The summed E-state index contributed by atoms with van der Waals surface area (Å²) in [6, 6.07) is 0.635. The molecule has 0 aromatic carbocycles. The standard InChI is InChI=1S/C18H37NO/c1-7-9-10-15(8-2)12-19-16-11-17(18(16,5)6)20-13-14(3)4/h14-17,19H,7-13H2,1-6H3. The monoisotopic (exact) mass is 283 g/mol. The molecule has 3 unspecified atom stereocenters. The van der Waals surface area contributed by atoms with E-state index in [2.05, 4.69) is 46.9 Å². The molecule has 20 heavy (non-hydrogen) atoms. The molecule has 120 valence electrons. The first kappa shape index (κ1) is 18.0. The predicted octanol–water partition coefficient (Wildman–Crippen LogP) is 4.63. The first-order valence-corrected chi connectivity index (χ1v) is 8.76. The lowest BCUT2D eigenvalue weighted by atomic mass is 9.64. The molecule has 0 bridgehead atoms. The number of rotatable bonds is 10. The zero-order valence-electron chi connectivity index (χ0n) is 14.7. The van der Waals surface area contributed by atoms with Gasteiger partial charge in [0.05, 0.1) is 6.10 Å². The maximum absolute atomic E-state index is 6.04. The van der Waals surface area contributed by atoms with E-state index in [9.17, 15) is 0 Å². The Balaban J connectivity index is 2.28. The van der Waals surface area contributed by atoms with Crippen molar-refractivity contribution >= 4 is 0 Å². The molecule has 1 rings (SSSR count). The van der Waals surface area contributed by atoms with Crippen molar-refractivity contribution in [1.29, 1.82) is 0 Å². The van der Waals surface area contributed by atoms with E-state index in [-0.39, 0.29) is 5.41 Å². The van der Waals surface area contributed by atoms with Gasteiger partial charge in [-0.05, 0) is 31.2 Å². The fourth-order valence-corrected chi connectivity index (χ4v) is 3.08. The second kappa shape index (κ2) is 8.38. The molecular formula is C18H37NO. The molecule has 2 nitrogen and oxygen atoms in total. The Morgan fingerprint density at radius 1 is 1.25 bits per heavy atom. The quantitative estimate of drug-likeness (QED) is 0.631. The van der Waals surface area contributed by atoms with Gasteiger partial charge in [-0.1, -0.05) is 60.8 Å². The third-order valence-corrected chi connectivity index (χ3v) is 5.00. The number of ether oxygens (including phenoxy) is 1. The van der Waals surface area contributed by atoms with Gasteiger partial charge in [0, 0.05) is 18.1 Å². The summed E-state index contributed by atoms with van der Waals surface area (Å²) >= 11 is 0. The van der Waals surface area contributed by atoms with Gasteiger partial charge in [0.25, 0.3) is 0 Å². The summed E-state index contributed by atoms with van der Waals surface area (Å²) in [4.78, 5) is 0. The zero-order chi connectivity index (χ0) is 15.2. The molecule has 0 aromatic heterocycles. The van der Waals surface area contributed by atoms with Crippen LogP contribution in [0.4, 0.5) is 0 Å². The van der Waals surface area contributed by atoms with E-state index < -0.39 is 0 Å². The van der Waals surface area contributed by atoms with Crippen LogP contribution < -0.4 is 5.32 Å². The molecular weight excluding hydrogens is 246 g/mol. The Morgan fingerprint density at radius 2 is 1.95 bits per heavy atom. The Bertz CT molecular complexity index is 262. The van der Waals surface area contributed by atoms with Crippen LogP contribution in [0.2, 0.25) is 0 Å². The van der Waals surface area contributed by atoms with E-state index in [1.807, 2.05) is 0 Å². The summed E-state index contributed by atoms with van der Waals surface area (Å²) in [5, 5.41) is 3.81. The average molecular weight is 284 g/mol. The normalized spacial score (nSPS) is 26.6. The van der Waals surface area contributed by atoms with Crippen molar-refractivity contribution in [2.75, 3.05) is 13.2 Å². The van der Waals surface area contributed by atoms with E-state index >= 15 is 0 Å². The SMILES string of the molecule is CCCCC(CC)CNC1CC(OCC(C)C)C1(C)C. The van der Waals surface area contributed by atoms with E-state index in [0.717, 1.165) is 12.5 Å². The van der Waals surface area contributed by atoms with E-state index in [1.54, 1.807) is 0 Å². The molecule has 0 radical (unpaired) electrons. The highest BCUT2D eigenvalue weighted by Gasteiger charge is 2.48. The second-order valence-electron chi connectivity index (χ2n) is 7.65.